The summed E-state index contributed by atoms with van der Waals surface area (Å²) in [5.41, 5.74) is 1.48. The van der Waals surface area contributed by atoms with Gasteiger partial charge in [0.05, 0.1) is 3.57 Å². The van der Waals surface area contributed by atoms with Crippen LogP contribution in [-0.2, 0) is 0 Å². The predicted molar refractivity (Wildman–Crippen MR) is 73.9 cm³/mol. The lowest BCUT2D eigenvalue weighted by molar-refractivity contribution is 0.473. The summed E-state index contributed by atoms with van der Waals surface area (Å²) in [5.74, 6) is -0.0664. The number of hydrogen-bond donors (Lipinski definition) is 1. The second-order valence-corrected chi connectivity index (χ2v) is 5.37. The van der Waals surface area contributed by atoms with Crippen LogP contribution in [0, 0.1) is 9.39 Å². The zero-order valence-corrected chi connectivity index (χ0v) is 11.8. The Labute approximate surface area is 115 Å². The zero-order chi connectivity index (χ0) is 11.7. The number of phenolic OH excluding ortho intramolecular Hbond substituents is 1. The molecule has 0 aliphatic rings. The third-order valence-corrected chi connectivity index (χ3v) is 3.46. The Morgan fingerprint density at radius 2 is 1.75 bits per heavy atom. The van der Waals surface area contributed by atoms with Crippen LogP contribution in [0.2, 0.25) is 0 Å². The molecule has 4 heteroatoms. The van der Waals surface area contributed by atoms with Crippen molar-refractivity contribution in [1.82, 2.24) is 0 Å². The van der Waals surface area contributed by atoms with Gasteiger partial charge in [0.1, 0.15) is 11.6 Å². The van der Waals surface area contributed by atoms with E-state index in [2.05, 4.69) is 38.5 Å². The molecule has 1 N–H and O–H groups in total. The molecular weight excluding hydrogens is 386 g/mol. The van der Waals surface area contributed by atoms with E-state index in [0.29, 0.717) is 5.56 Å². The molecule has 0 bridgehead atoms. The van der Waals surface area contributed by atoms with E-state index in [4.69, 9.17) is 0 Å². The van der Waals surface area contributed by atoms with Gasteiger partial charge in [0.2, 0.25) is 0 Å². The highest BCUT2D eigenvalue weighted by molar-refractivity contribution is 14.1. The van der Waals surface area contributed by atoms with Gasteiger partial charge >= 0.3 is 0 Å². The fourth-order valence-corrected chi connectivity index (χ4v) is 2.93. The fourth-order valence-electron chi connectivity index (χ4n) is 1.42. The zero-order valence-electron chi connectivity index (χ0n) is 8.05. The molecule has 0 amide bonds. The number of phenols is 1. The molecule has 0 unspecified atom stereocenters. The molecule has 16 heavy (non-hydrogen) atoms. The first-order chi connectivity index (χ1) is 7.58. The standard InChI is InChI=1S/C12H7BrFIO/c13-8-5-10(12(16)11(15)6-8)7-1-3-9(14)4-2-7/h1-6,16H. The smallest absolute Gasteiger partial charge is 0.136 e. The highest BCUT2D eigenvalue weighted by Gasteiger charge is 2.09. The third-order valence-electron chi connectivity index (χ3n) is 2.18. The number of benzene rings is 2. The second-order valence-electron chi connectivity index (χ2n) is 3.29. The van der Waals surface area contributed by atoms with E-state index in [1.165, 1.54) is 12.1 Å². The lowest BCUT2D eigenvalue weighted by atomic mass is 10.1. The molecule has 0 saturated carbocycles. The summed E-state index contributed by atoms with van der Waals surface area (Å²) in [5, 5.41) is 9.92. The Kier molecular flexibility index (Phi) is 3.49. The van der Waals surface area contributed by atoms with Gasteiger partial charge in [-0.2, -0.15) is 0 Å². The van der Waals surface area contributed by atoms with Crippen molar-refractivity contribution >= 4 is 38.5 Å². The van der Waals surface area contributed by atoms with Gasteiger partial charge in [0.15, 0.2) is 0 Å². The molecule has 2 rings (SSSR count). The second kappa shape index (κ2) is 4.71. The van der Waals surface area contributed by atoms with E-state index in [1.807, 2.05) is 12.1 Å². The minimum Gasteiger partial charge on any atom is -0.506 e. The summed E-state index contributed by atoms with van der Waals surface area (Å²) < 4.78 is 14.4. The molecule has 0 heterocycles. The maximum Gasteiger partial charge on any atom is 0.136 e. The lowest BCUT2D eigenvalue weighted by Crippen LogP contribution is -1.84. The van der Waals surface area contributed by atoms with Gasteiger partial charge < -0.3 is 5.11 Å². The molecule has 0 radical (unpaired) electrons. The normalized spacial score (nSPS) is 10.4. The summed E-state index contributed by atoms with van der Waals surface area (Å²) in [7, 11) is 0. The molecule has 0 atom stereocenters. The van der Waals surface area contributed by atoms with E-state index in [1.54, 1.807) is 12.1 Å². The predicted octanol–water partition coefficient (Wildman–Crippen LogP) is 4.57. The fraction of sp³-hybridized carbons (Fsp3) is 0. The highest BCUT2D eigenvalue weighted by atomic mass is 127. The van der Waals surface area contributed by atoms with Crippen LogP contribution in [0.15, 0.2) is 40.9 Å². The Morgan fingerprint density at radius 3 is 2.38 bits per heavy atom. The van der Waals surface area contributed by atoms with Crippen molar-refractivity contribution in [1.29, 1.82) is 0 Å². The maximum absolute atomic E-state index is 12.8. The molecule has 1 nitrogen and oxygen atoms in total. The van der Waals surface area contributed by atoms with Crippen LogP contribution < -0.4 is 0 Å². The van der Waals surface area contributed by atoms with Crippen molar-refractivity contribution in [2.24, 2.45) is 0 Å². The molecule has 0 saturated heterocycles. The molecule has 0 fully saturated rings. The van der Waals surface area contributed by atoms with Crippen LogP contribution in [0.1, 0.15) is 0 Å². The number of halogens is 3. The average Bonchev–Trinajstić information content (AvgIpc) is 2.25. The Balaban J connectivity index is 2.59. The van der Waals surface area contributed by atoms with Gasteiger partial charge in [-0.15, -0.1) is 0 Å². The molecule has 2 aromatic rings. The maximum atomic E-state index is 12.8. The first-order valence-corrected chi connectivity index (χ1v) is 6.39. The Bertz CT molecular complexity index is 525. The van der Waals surface area contributed by atoms with Gasteiger partial charge in [-0.1, -0.05) is 28.1 Å². The van der Waals surface area contributed by atoms with Gasteiger partial charge in [-0.3, -0.25) is 0 Å². The van der Waals surface area contributed by atoms with E-state index in [-0.39, 0.29) is 11.6 Å². The summed E-state index contributed by atoms with van der Waals surface area (Å²) >= 11 is 5.42. The van der Waals surface area contributed by atoms with Crippen molar-refractivity contribution in [2.75, 3.05) is 0 Å². The van der Waals surface area contributed by atoms with Crippen LogP contribution >= 0.6 is 38.5 Å². The molecule has 0 aliphatic carbocycles. The summed E-state index contributed by atoms with van der Waals surface area (Å²) in [6.45, 7) is 0. The highest BCUT2D eigenvalue weighted by Crippen LogP contribution is 2.35. The molecule has 2 aromatic carbocycles. The SMILES string of the molecule is Oc1c(I)cc(Br)cc1-c1ccc(F)cc1. The van der Waals surface area contributed by atoms with Crippen molar-refractivity contribution < 1.29 is 9.50 Å². The van der Waals surface area contributed by atoms with Gasteiger partial charge in [-0.25, -0.2) is 4.39 Å². The first kappa shape index (κ1) is 11.9. The Hall–Kier alpha value is -0.620. The van der Waals surface area contributed by atoms with E-state index < -0.39 is 0 Å². The molecule has 0 spiro atoms. The first-order valence-electron chi connectivity index (χ1n) is 4.52. The number of aromatic hydroxyl groups is 1. The van der Waals surface area contributed by atoms with E-state index in [9.17, 15) is 9.50 Å². The topological polar surface area (TPSA) is 20.2 Å². The van der Waals surface area contributed by atoms with Crippen LogP contribution in [0.5, 0.6) is 5.75 Å². The minimum absolute atomic E-state index is 0.218. The van der Waals surface area contributed by atoms with Crippen LogP contribution in [0.25, 0.3) is 11.1 Å². The molecule has 0 aliphatic heterocycles. The van der Waals surface area contributed by atoms with E-state index in [0.717, 1.165) is 13.6 Å². The van der Waals surface area contributed by atoms with Crippen molar-refractivity contribution in [3.63, 3.8) is 0 Å². The van der Waals surface area contributed by atoms with Crippen LogP contribution in [0.3, 0.4) is 0 Å². The van der Waals surface area contributed by atoms with E-state index >= 15 is 0 Å². The lowest BCUT2D eigenvalue weighted by Gasteiger charge is -2.07. The summed E-state index contributed by atoms with van der Waals surface area (Å²) in [4.78, 5) is 0. The average molecular weight is 393 g/mol. The molecule has 82 valence electrons. The Morgan fingerprint density at radius 1 is 1.12 bits per heavy atom. The largest absolute Gasteiger partial charge is 0.506 e. The summed E-state index contributed by atoms with van der Waals surface area (Å²) in [6.07, 6.45) is 0. The minimum atomic E-state index is -0.284. The van der Waals surface area contributed by atoms with Crippen LogP contribution in [0.4, 0.5) is 4.39 Å². The van der Waals surface area contributed by atoms with Gasteiger partial charge in [-0.05, 0) is 52.4 Å². The van der Waals surface area contributed by atoms with Crippen molar-refractivity contribution in [3.8, 4) is 16.9 Å². The van der Waals surface area contributed by atoms with Gasteiger partial charge in [0.25, 0.3) is 0 Å². The van der Waals surface area contributed by atoms with Crippen molar-refractivity contribution in [3.05, 3.63) is 50.3 Å². The monoisotopic (exact) mass is 392 g/mol. The van der Waals surface area contributed by atoms with Crippen LogP contribution in [-0.4, -0.2) is 5.11 Å². The van der Waals surface area contributed by atoms with Gasteiger partial charge in [0, 0.05) is 10.0 Å². The van der Waals surface area contributed by atoms with Crippen molar-refractivity contribution in [2.45, 2.75) is 0 Å². The molecular formula is C12H7BrFIO. The number of rotatable bonds is 1. The quantitative estimate of drug-likeness (QED) is 0.705. The molecule has 0 aromatic heterocycles. The third kappa shape index (κ3) is 2.38. The summed E-state index contributed by atoms with van der Waals surface area (Å²) in [6, 6.07) is 9.68. The number of hydrogen-bond acceptors (Lipinski definition) is 1.